The molecule has 15 heavy (non-hydrogen) atoms. The van der Waals surface area contributed by atoms with Gasteiger partial charge in [0.1, 0.15) is 0 Å². The molecule has 1 saturated heterocycles. The van der Waals surface area contributed by atoms with Crippen LogP contribution in [0, 0.1) is 11.8 Å². The number of likely N-dealkylation sites (tertiary alicyclic amines) is 1. The Labute approximate surface area is 93.3 Å². The fraction of sp³-hybridized carbons (Fsp3) is 0.769. The van der Waals surface area contributed by atoms with Gasteiger partial charge >= 0.3 is 0 Å². The van der Waals surface area contributed by atoms with Crippen molar-refractivity contribution in [2.24, 2.45) is 11.8 Å². The number of piperidine rings is 1. The molecule has 1 aliphatic heterocycles. The summed E-state index contributed by atoms with van der Waals surface area (Å²) in [6.07, 6.45) is 4.48. The Bertz CT molecular complexity index is 237. The zero-order valence-electron chi connectivity index (χ0n) is 10.2. The summed E-state index contributed by atoms with van der Waals surface area (Å²) in [6.45, 7) is 11.2. The zero-order valence-corrected chi connectivity index (χ0v) is 10.2. The van der Waals surface area contributed by atoms with Crippen molar-refractivity contribution >= 4 is 5.91 Å². The summed E-state index contributed by atoms with van der Waals surface area (Å²) in [7, 11) is 0. The fourth-order valence-electron chi connectivity index (χ4n) is 2.41. The van der Waals surface area contributed by atoms with Crippen LogP contribution in [0.3, 0.4) is 0 Å². The lowest BCUT2D eigenvalue weighted by molar-refractivity contribution is -0.136. The fourth-order valence-corrected chi connectivity index (χ4v) is 2.41. The minimum absolute atomic E-state index is 0.292. The summed E-state index contributed by atoms with van der Waals surface area (Å²) in [5, 5.41) is 0. The second-order valence-corrected chi connectivity index (χ2v) is 4.93. The first kappa shape index (κ1) is 12.3. The largest absolute Gasteiger partial charge is 0.339 e. The van der Waals surface area contributed by atoms with Crippen molar-refractivity contribution in [2.75, 3.05) is 6.54 Å². The number of hydrogen-bond acceptors (Lipinski definition) is 1. The highest BCUT2D eigenvalue weighted by molar-refractivity contribution is 5.76. The number of carbonyl (C=O) groups excluding carboxylic acids is 1. The summed E-state index contributed by atoms with van der Waals surface area (Å²) >= 11 is 0. The minimum atomic E-state index is 0.292. The molecule has 0 spiro atoms. The Morgan fingerprint density at radius 3 is 2.73 bits per heavy atom. The van der Waals surface area contributed by atoms with E-state index in [9.17, 15) is 4.79 Å². The summed E-state index contributed by atoms with van der Waals surface area (Å²) in [6, 6.07) is 0.401. The lowest BCUT2D eigenvalue weighted by atomic mass is 9.86. The lowest BCUT2D eigenvalue weighted by Crippen LogP contribution is -2.48. The van der Waals surface area contributed by atoms with E-state index in [1.165, 1.54) is 6.42 Å². The minimum Gasteiger partial charge on any atom is -0.339 e. The number of allylic oxidation sites excluding steroid dienone is 1. The summed E-state index contributed by atoms with van der Waals surface area (Å²) in [4.78, 5) is 14.0. The maximum absolute atomic E-state index is 11.9. The average Bonchev–Trinajstić information content (AvgIpc) is 2.19. The van der Waals surface area contributed by atoms with Gasteiger partial charge in [0, 0.05) is 19.0 Å². The summed E-state index contributed by atoms with van der Waals surface area (Å²) < 4.78 is 0. The molecule has 1 aliphatic rings. The predicted octanol–water partition coefficient (Wildman–Crippen LogP) is 2.85. The Kier molecular flexibility index (Phi) is 4.37. The van der Waals surface area contributed by atoms with Crippen LogP contribution in [0.15, 0.2) is 12.7 Å². The number of amides is 1. The highest BCUT2D eigenvalue weighted by Gasteiger charge is 2.31. The first-order chi connectivity index (χ1) is 7.06. The second kappa shape index (κ2) is 5.34. The molecule has 1 amide bonds. The first-order valence-electron chi connectivity index (χ1n) is 5.96. The van der Waals surface area contributed by atoms with Gasteiger partial charge in [-0.05, 0) is 31.6 Å². The van der Waals surface area contributed by atoms with Crippen LogP contribution in [0.5, 0.6) is 0 Å². The Morgan fingerprint density at radius 1 is 1.47 bits per heavy atom. The summed E-state index contributed by atoms with van der Waals surface area (Å²) in [5.41, 5.74) is 0. The van der Waals surface area contributed by atoms with Crippen molar-refractivity contribution in [3.63, 3.8) is 0 Å². The molecule has 1 fully saturated rings. The maximum atomic E-state index is 11.9. The Morgan fingerprint density at radius 2 is 2.13 bits per heavy atom. The normalized spacial score (nSPS) is 31.4. The van der Waals surface area contributed by atoms with Crippen LogP contribution in [-0.4, -0.2) is 23.4 Å². The van der Waals surface area contributed by atoms with Gasteiger partial charge in [-0.25, -0.2) is 0 Å². The van der Waals surface area contributed by atoms with Crippen molar-refractivity contribution in [2.45, 2.75) is 46.1 Å². The predicted molar refractivity (Wildman–Crippen MR) is 63.6 cm³/mol. The van der Waals surface area contributed by atoms with E-state index in [1.807, 2.05) is 6.08 Å². The number of nitrogens with zero attached hydrogens (tertiary/aromatic N) is 1. The molecule has 1 heterocycles. The molecule has 0 aromatic heterocycles. The number of hydrogen-bond donors (Lipinski definition) is 0. The van der Waals surface area contributed by atoms with E-state index in [0.29, 0.717) is 30.2 Å². The lowest BCUT2D eigenvalue weighted by Gasteiger charge is -2.41. The van der Waals surface area contributed by atoms with Gasteiger partial charge in [0.05, 0.1) is 0 Å². The molecule has 0 saturated carbocycles. The van der Waals surface area contributed by atoms with Crippen LogP contribution in [0.2, 0.25) is 0 Å². The molecule has 0 unspecified atom stereocenters. The molecule has 2 heteroatoms. The topological polar surface area (TPSA) is 20.3 Å². The van der Waals surface area contributed by atoms with E-state index in [0.717, 1.165) is 13.0 Å². The van der Waals surface area contributed by atoms with E-state index in [4.69, 9.17) is 0 Å². The van der Waals surface area contributed by atoms with E-state index in [1.54, 1.807) is 0 Å². The molecule has 0 aliphatic carbocycles. The van der Waals surface area contributed by atoms with Crippen LogP contribution >= 0.6 is 0 Å². The number of rotatable bonds is 3. The first-order valence-corrected chi connectivity index (χ1v) is 5.96. The smallest absolute Gasteiger partial charge is 0.223 e. The molecular weight excluding hydrogens is 186 g/mol. The standard InChI is InChI=1S/C13H23NO/c1-5-6-7-13(15)14-9-10(2)8-11(3)12(14)4/h5,10-12H,1,6-9H2,2-4H3/t10-,11-,12+/m1/s1. The molecule has 0 bridgehead atoms. The highest BCUT2D eigenvalue weighted by Crippen LogP contribution is 2.27. The van der Waals surface area contributed by atoms with Crippen molar-refractivity contribution in [1.82, 2.24) is 4.90 Å². The van der Waals surface area contributed by atoms with Gasteiger partial charge in [-0.1, -0.05) is 19.9 Å². The molecule has 1 rings (SSSR count). The maximum Gasteiger partial charge on any atom is 0.223 e. The zero-order chi connectivity index (χ0) is 11.4. The van der Waals surface area contributed by atoms with Gasteiger partial charge in [0.25, 0.3) is 0 Å². The van der Waals surface area contributed by atoms with Gasteiger partial charge in [-0.15, -0.1) is 6.58 Å². The van der Waals surface area contributed by atoms with Gasteiger partial charge in [-0.2, -0.15) is 0 Å². The van der Waals surface area contributed by atoms with Crippen LogP contribution < -0.4 is 0 Å². The molecule has 0 aromatic carbocycles. The highest BCUT2D eigenvalue weighted by atomic mass is 16.2. The van der Waals surface area contributed by atoms with Crippen molar-refractivity contribution < 1.29 is 4.79 Å². The van der Waals surface area contributed by atoms with E-state index < -0.39 is 0 Å². The van der Waals surface area contributed by atoms with Crippen molar-refractivity contribution in [1.29, 1.82) is 0 Å². The van der Waals surface area contributed by atoms with Crippen LogP contribution in [0.1, 0.15) is 40.0 Å². The van der Waals surface area contributed by atoms with Crippen molar-refractivity contribution in [3.05, 3.63) is 12.7 Å². The molecule has 86 valence electrons. The molecule has 3 atom stereocenters. The average molecular weight is 209 g/mol. The van der Waals surface area contributed by atoms with Crippen LogP contribution in [-0.2, 0) is 4.79 Å². The number of carbonyl (C=O) groups is 1. The third-order valence-electron chi connectivity index (χ3n) is 3.48. The van der Waals surface area contributed by atoms with Crippen LogP contribution in [0.4, 0.5) is 0 Å². The summed E-state index contributed by atoms with van der Waals surface area (Å²) in [5.74, 6) is 1.56. The van der Waals surface area contributed by atoms with Gasteiger partial charge in [0.2, 0.25) is 5.91 Å². The van der Waals surface area contributed by atoms with Crippen LogP contribution in [0.25, 0.3) is 0 Å². The molecular formula is C13H23NO. The third kappa shape index (κ3) is 3.08. The Hall–Kier alpha value is -0.790. The monoisotopic (exact) mass is 209 g/mol. The second-order valence-electron chi connectivity index (χ2n) is 4.93. The SMILES string of the molecule is C=CCCC(=O)N1C[C@H](C)C[C@@H](C)[C@@H]1C. The molecule has 2 nitrogen and oxygen atoms in total. The van der Waals surface area contributed by atoms with E-state index >= 15 is 0 Å². The quantitative estimate of drug-likeness (QED) is 0.654. The van der Waals surface area contributed by atoms with Gasteiger partial charge in [0.15, 0.2) is 0 Å². The van der Waals surface area contributed by atoms with Gasteiger partial charge < -0.3 is 4.90 Å². The van der Waals surface area contributed by atoms with E-state index in [-0.39, 0.29) is 0 Å². The molecule has 0 radical (unpaired) electrons. The molecule has 0 aromatic rings. The van der Waals surface area contributed by atoms with Crippen molar-refractivity contribution in [3.8, 4) is 0 Å². The van der Waals surface area contributed by atoms with E-state index in [2.05, 4.69) is 32.3 Å². The third-order valence-corrected chi connectivity index (χ3v) is 3.48. The Balaban J connectivity index is 2.57. The molecule has 0 N–H and O–H groups in total. The van der Waals surface area contributed by atoms with Gasteiger partial charge in [-0.3, -0.25) is 4.79 Å².